The first-order valence-corrected chi connectivity index (χ1v) is 7.11. The van der Waals surface area contributed by atoms with Crippen molar-refractivity contribution >= 4 is 15.6 Å². The molecule has 86 valence electrons. The van der Waals surface area contributed by atoms with Crippen LogP contribution >= 0.6 is 0 Å². The zero-order valence-corrected chi connectivity index (χ0v) is 9.96. The monoisotopic (exact) mass is 238 g/mol. The predicted molar refractivity (Wildman–Crippen MR) is 62.5 cm³/mol. The van der Waals surface area contributed by atoms with Gasteiger partial charge < -0.3 is 0 Å². The molecule has 3 nitrogen and oxygen atoms in total. The molecule has 1 saturated heterocycles. The number of ketones is 1. The Morgan fingerprint density at radius 2 is 2.12 bits per heavy atom. The van der Waals surface area contributed by atoms with E-state index in [0.29, 0.717) is 12.0 Å². The molecule has 0 aliphatic carbocycles. The van der Waals surface area contributed by atoms with Crippen molar-refractivity contribution in [2.24, 2.45) is 0 Å². The Bertz CT molecular complexity index is 517. The van der Waals surface area contributed by atoms with E-state index in [2.05, 4.69) is 0 Å². The van der Waals surface area contributed by atoms with Crippen molar-refractivity contribution in [2.75, 3.05) is 11.5 Å². The second-order valence-corrected chi connectivity index (χ2v) is 6.51. The largest absolute Gasteiger partial charge is 0.295 e. The normalized spacial score (nSPS) is 23.2. The van der Waals surface area contributed by atoms with Crippen LogP contribution in [0.25, 0.3) is 0 Å². The third kappa shape index (κ3) is 2.32. The second kappa shape index (κ2) is 4.01. The van der Waals surface area contributed by atoms with Gasteiger partial charge in [0.1, 0.15) is 0 Å². The summed E-state index contributed by atoms with van der Waals surface area (Å²) in [5.41, 5.74) is 1.62. The van der Waals surface area contributed by atoms with Gasteiger partial charge in [0, 0.05) is 5.56 Å². The summed E-state index contributed by atoms with van der Waals surface area (Å²) in [4.78, 5) is 11.2. The maximum absolute atomic E-state index is 11.4. The first-order valence-electron chi connectivity index (χ1n) is 5.29. The van der Waals surface area contributed by atoms with Crippen molar-refractivity contribution in [3.05, 3.63) is 35.4 Å². The second-order valence-electron chi connectivity index (χ2n) is 4.28. The number of hydrogen-bond donors (Lipinski definition) is 0. The minimum Gasteiger partial charge on any atom is -0.295 e. The van der Waals surface area contributed by atoms with E-state index in [1.165, 1.54) is 6.92 Å². The molecule has 1 atom stereocenters. The van der Waals surface area contributed by atoms with Gasteiger partial charge in [-0.25, -0.2) is 8.42 Å². The lowest BCUT2D eigenvalue weighted by Crippen LogP contribution is -2.04. The first-order chi connectivity index (χ1) is 7.48. The standard InChI is InChI=1S/C12H14O3S/c1-9(13)10-3-2-4-11(7-10)12-5-6-16(14,15)8-12/h2-4,7,12H,5-6,8H2,1H3. The van der Waals surface area contributed by atoms with Crippen LogP contribution < -0.4 is 0 Å². The molecule has 0 saturated carbocycles. The molecular formula is C12H14O3S. The summed E-state index contributed by atoms with van der Waals surface area (Å²) in [6.07, 6.45) is 0.670. The molecular weight excluding hydrogens is 224 g/mol. The zero-order chi connectivity index (χ0) is 11.8. The lowest BCUT2D eigenvalue weighted by atomic mass is 9.96. The van der Waals surface area contributed by atoms with E-state index in [9.17, 15) is 13.2 Å². The van der Waals surface area contributed by atoms with Crippen LogP contribution in [0.3, 0.4) is 0 Å². The third-order valence-electron chi connectivity index (χ3n) is 3.00. The van der Waals surface area contributed by atoms with E-state index in [-0.39, 0.29) is 23.2 Å². The molecule has 0 N–H and O–H groups in total. The van der Waals surface area contributed by atoms with Gasteiger partial charge >= 0.3 is 0 Å². The van der Waals surface area contributed by atoms with Crippen LogP contribution in [0.1, 0.15) is 35.2 Å². The lowest BCUT2D eigenvalue weighted by Gasteiger charge is -2.08. The predicted octanol–water partition coefficient (Wildman–Crippen LogP) is 1.79. The Kier molecular flexibility index (Phi) is 2.84. The summed E-state index contributed by atoms with van der Waals surface area (Å²) in [5.74, 6) is 0.558. The molecule has 4 heteroatoms. The number of benzene rings is 1. The van der Waals surface area contributed by atoms with Crippen LogP contribution in [-0.4, -0.2) is 25.7 Å². The van der Waals surface area contributed by atoms with Gasteiger partial charge in [0.2, 0.25) is 0 Å². The van der Waals surface area contributed by atoms with E-state index < -0.39 is 9.84 Å². The number of carbonyl (C=O) groups is 1. The van der Waals surface area contributed by atoms with Crippen molar-refractivity contribution in [3.8, 4) is 0 Å². The maximum Gasteiger partial charge on any atom is 0.159 e. The quantitative estimate of drug-likeness (QED) is 0.738. The van der Waals surface area contributed by atoms with Crippen LogP contribution in [0.5, 0.6) is 0 Å². The van der Waals surface area contributed by atoms with Gasteiger partial charge in [-0.15, -0.1) is 0 Å². The van der Waals surface area contributed by atoms with Crippen molar-refractivity contribution in [3.63, 3.8) is 0 Å². The molecule has 0 aromatic heterocycles. The van der Waals surface area contributed by atoms with Crippen LogP contribution in [0.15, 0.2) is 24.3 Å². The Labute approximate surface area is 95.4 Å². The average Bonchev–Trinajstić information content (AvgIpc) is 2.59. The topological polar surface area (TPSA) is 51.2 Å². The van der Waals surface area contributed by atoms with Gasteiger partial charge in [0.15, 0.2) is 15.6 Å². The maximum atomic E-state index is 11.4. The Balaban J connectivity index is 2.28. The third-order valence-corrected chi connectivity index (χ3v) is 4.76. The highest BCUT2D eigenvalue weighted by atomic mass is 32.2. The van der Waals surface area contributed by atoms with Crippen molar-refractivity contribution in [2.45, 2.75) is 19.3 Å². The summed E-state index contributed by atoms with van der Waals surface area (Å²) >= 11 is 0. The average molecular weight is 238 g/mol. The Morgan fingerprint density at radius 1 is 1.38 bits per heavy atom. The highest BCUT2D eigenvalue weighted by Gasteiger charge is 2.29. The summed E-state index contributed by atoms with van der Waals surface area (Å²) in [5, 5.41) is 0. The van der Waals surface area contributed by atoms with Crippen molar-refractivity contribution in [1.29, 1.82) is 0 Å². The highest BCUT2D eigenvalue weighted by Crippen LogP contribution is 2.29. The molecule has 1 aromatic rings. The van der Waals surface area contributed by atoms with Crippen LogP contribution in [0, 0.1) is 0 Å². The summed E-state index contributed by atoms with van der Waals surface area (Å²) in [6, 6.07) is 7.29. The van der Waals surface area contributed by atoms with E-state index in [1.54, 1.807) is 6.07 Å². The smallest absolute Gasteiger partial charge is 0.159 e. The molecule has 16 heavy (non-hydrogen) atoms. The van der Waals surface area contributed by atoms with E-state index in [0.717, 1.165) is 5.56 Å². The first kappa shape index (κ1) is 11.3. The van der Waals surface area contributed by atoms with Gasteiger partial charge in [-0.3, -0.25) is 4.79 Å². The van der Waals surface area contributed by atoms with Crippen molar-refractivity contribution in [1.82, 2.24) is 0 Å². The van der Waals surface area contributed by atoms with Crippen molar-refractivity contribution < 1.29 is 13.2 Å². The molecule has 0 bridgehead atoms. The number of sulfone groups is 1. The number of carbonyl (C=O) groups excluding carboxylic acids is 1. The molecule has 1 unspecified atom stereocenters. The van der Waals surface area contributed by atoms with Gasteiger partial charge in [0.25, 0.3) is 0 Å². The molecule has 0 spiro atoms. The molecule has 1 fully saturated rings. The van der Waals surface area contributed by atoms with Gasteiger partial charge in [-0.2, -0.15) is 0 Å². The minimum absolute atomic E-state index is 0.0164. The van der Waals surface area contributed by atoms with Crippen LogP contribution in [0.2, 0.25) is 0 Å². The molecule has 2 rings (SSSR count). The molecule has 1 aliphatic rings. The number of Topliss-reactive ketones (excluding diaryl/α,β-unsaturated/α-hetero) is 1. The van der Waals surface area contributed by atoms with Crippen LogP contribution in [-0.2, 0) is 9.84 Å². The van der Waals surface area contributed by atoms with Gasteiger partial charge in [0.05, 0.1) is 11.5 Å². The summed E-state index contributed by atoms with van der Waals surface area (Å²) < 4.78 is 22.7. The lowest BCUT2D eigenvalue weighted by molar-refractivity contribution is 0.101. The van der Waals surface area contributed by atoms with Gasteiger partial charge in [-0.05, 0) is 30.9 Å². The SMILES string of the molecule is CC(=O)c1cccc(C2CCS(=O)(=O)C2)c1. The zero-order valence-electron chi connectivity index (χ0n) is 9.14. The van der Waals surface area contributed by atoms with Crippen LogP contribution in [0.4, 0.5) is 0 Å². The van der Waals surface area contributed by atoms with E-state index in [4.69, 9.17) is 0 Å². The number of hydrogen-bond acceptors (Lipinski definition) is 3. The molecule has 0 amide bonds. The number of rotatable bonds is 2. The fraction of sp³-hybridized carbons (Fsp3) is 0.417. The summed E-state index contributed by atoms with van der Waals surface area (Å²) in [6.45, 7) is 1.52. The van der Waals surface area contributed by atoms with Gasteiger partial charge in [-0.1, -0.05) is 18.2 Å². The minimum atomic E-state index is -2.86. The highest BCUT2D eigenvalue weighted by molar-refractivity contribution is 7.91. The molecule has 1 aromatic carbocycles. The van der Waals surface area contributed by atoms with E-state index in [1.807, 2.05) is 18.2 Å². The summed E-state index contributed by atoms with van der Waals surface area (Å²) in [7, 11) is -2.86. The molecule has 1 heterocycles. The Morgan fingerprint density at radius 3 is 2.69 bits per heavy atom. The fourth-order valence-corrected chi connectivity index (χ4v) is 3.85. The Hall–Kier alpha value is -1.16. The fourth-order valence-electron chi connectivity index (χ4n) is 2.07. The molecule has 1 aliphatic heterocycles. The van der Waals surface area contributed by atoms with E-state index >= 15 is 0 Å². The molecule has 0 radical (unpaired) electrons.